The summed E-state index contributed by atoms with van der Waals surface area (Å²) in [5.41, 5.74) is 0. The first kappa shape index (κ1) is 8.78. The lowest BCUT2D eigenvalue weighted by Gasteiger charge is -1.90. The summed E-state index contributed by atoms with van der Waals surface area (Å²) in [4.78, 5) is 3.86. The molecule has 0 atom stereocenters. The van der Waals surface area contributed by atoms with E-state index in [-0.39, 0.29) is 12.4 Å². The Kier molecular flexibility index (Phi) is 3.65. The van der Waals surface area contributed by atoms with E-state index in [1.54, 1.807) is 11.8 Å². The second-order valence-electron chi connectivity index (χ2n) is 1.40. The molecule has 1 rings (SSSR count). The van der Waals surface area contributed by atoms with Crippen molar-refractivity contribution in [1.29, 1.82) is 5.41 Å². The summed E-state index contributed by atoms with van der Waals surface area (Å²) in [6.07, 6.45) is 0. The average molecular weight is 166 g/mol. The SMILES string of the molecule is CNC1=NC(=N)CS1.Cl. The van der Waals surface area contributed by atoms with Crippen molar-refractivity contribution in [2.45, 2.75) is 0 Å². The Morgan fingerprint density at radius 2 is 2.44 bits per heavy atom. The van der Waals surface area contributed by atoms with Crippen molar-refractivity contribution in [3.63, 3.8) is 0 Å². The van der Waals surface area contributed by atoms with E-state index in [0.717, 1.165) is 10.9 Å². The van der Waals surface area contributed by atoms with E-state index in [1.165, 1.54) is 0 Å². The monoisotopic (exact) mass is 165 g/mol. The van der Waals surface area contributed by atoms with Gasteiger partial charge in [0.1, 0.15) is 5.84 Å². The molecule has 0 saturated carbocycles. The molecule has 0 aromatic heterocycles. The third kappa shape index (κ3) is 2.24. The summed E-state index contributed by atoms with van der Waals surface area (Å²) >= 11 is 1.56. The number of aliphatic imine (C=N–C) groups is 1. The first-order valence-electron chi connectivity index (χ1n) is 2.29. The van der Waals surface area contributed by atoms with Gasteiger partial charge in [-0.3, -0.25) is 5.41 Å². The third-order valence-corrected chi connectivity index (χ3v) is 1.78. The Hall–Kier alpha value is -0.220. The molecule has 1 aliphatic heterocycles. The second-order valence-corrected chi connectivity index (χ2v) is 2.37. The van der Waals surface area contributed by atoms with Gasteiger partial charge in [0.25, 0.3) is 0 Å². The van der Waals surface area contributed by atoms with Gasteiger partial charge in [0.05, 0.1) is 5.75 Å². The molecule has 1 heterocycles. The molecule has 0 aromatic carbocycles. The van der Waals surface area contributed by atoms with Crippen LogP contribution in [0.15, 0.2) is 4.99 Å². The summed E-state index contributed by atoms with van der Waals surface area (Å²) in [5, 5.41) is 10.8. The molecular formula is C4H8ClN3S. The number of nitrogens with one attached hydrogen (secondary N) is 2. The van der Waals surface area contributed by atoms with Crippen molar-refractivity contribution in [2.75, 3.05) is 12.8 Å². The topological polar surface area (TPSA) is 48.2 Å². The van der Waals surface area contributed by atoms with Crippen LogP contribution < -0.4 is 5.32 Å². The first-order chi connectivity index (χ1) is 3.83. The number of rotatable bonds is 0. The van der Waals surface area contributed by atoms with Gasteiger partial charge in [0.2, 0.25) is 0 Å². The number of hydrogen-bond donors (Lipinski definition) is 2. The highest BCUT2D eigenvalue weighted by Gasteiger charge is 2.08. The van der Waals surface area contributed by atoms with Crippen LogP contribution in [-0.4, -0.2) is 23.8 Å². The minimum Gasteiger partial charge on any atom is -0.368 e. The lowest BCUT2D eigenvalue weighted by molar-refractivity contribution is 1.20. The molecule has 0 amide bonds. The fraction of sp³-hybridized carbons (Fsp3) is 0.500. The van der Waals surface area contributed by atoms with E-state index in [2.05, 4.69) is 10.3 Å². The zero-order valence-electron chi connectivity index (χ0n) is 4.97. The average Bonchev–Trinajstić information content (AvgIpc) is 2.14. The molecule has 0 fully saturated rings. The van der Waals surface area contributed by atoms with Crippen molar-refractivity contribution in [3.05, 3.63) is 0 Å². The molecule has 0 unspecified atom stereocenters. The lowest BCUT2D eigenvalue weighted by Crippen LogP contribution is -2.10. The predicted molar refractivity (Wildman–Crippen MR) is 43.9 cm³/mol. The predicted octanol–water partition coefficient (Wildman–Crippen LogP) is 0.708. The molecule has 9 heavy (non-hydrogen) atoms. The number of halogens is 1. The number of hydrogen-bond acceptors (Lipinski definition) is 3. The normalized spacial score (nSPS) is 16.6. The molecule has 5 heteroatoms. The number of thioether (sulfide) groups is 1. The van der Waals surface area contributed by atoms with Crippen LogP contribution in [0.3, 0.4) is 0 Å². The van der Waals surface area contributed by atoms with Crippen molar-refractivity contribution in [1.82, 2.24) is 5.32 Å². The van der Waals surface area contributed by atoms with Gasteiger partial charge in [0.15, 0.2) is 5.17 Å². The Morgan fingerprint density at radius 1 is 1.78 bits per heavy atom. The molecule has 0 saturated heterocycles. The summed E-state index contributed by atoms with van der Waals surface area (Å²) in [7, 11) is 1.81. The zero-order chi connectivity index (χ0) is 5.98. The van der Waals surface area contributed by atoms with Crippen LogP contribution in [-0.2, 0) is 0 Å². The Morgan fingerprint density at radius 3 is 2.67 bits per heavy atom. The van der Waals surface area contributed by atoms with Gasteiger partial charge < -0.3 is 5.32 Å². The lowest BCUT2D eigenvalue weighted by atomic mass is 10.7. The maximum Gasteiger partial charge on any atom is 0.163 e. The Labute approximate surface area is 64.2 Å². The fourth-order valence-electron chi connectivity index (χ4n) is 0.452. The number of amidine groups is 2. The van der Waals surface area contributed by atoms with Crippen LogP contribution in [0.1, 0.15) is 0 Å². The number of nitrogens with zero attached hydrogens (tertiary/aromatic N) is 1. The molecular weight excluding hydrogens is 158 g/mol. The van der Waals surface area contributed by atoms with Gasteiger partial charge in [-0.1, -0.05) is 11.8 Å². The maximum atomic E-state index is 7.03. The molecule has 0 spiro atoms. The largest absolute Gasteiger partial charge is 0.368 e. The smallest absolute Gasteiger partial charge is 0.163 e. The maximum absolute atomic E-state index is 7.03. The minimum atomic E-state index is 0. The van der Waals surface area contributed by atoms with E-state index >= 15 is 0 Å². The van der Waals surface area contributed by atoms with Crippen LogP contribution in [0.25, 0.3) is 0 Å². The van der Waals surface area contributed by atoms with Crippen LogP contribution >= 0.6 is 24.2 Å². The third-order valence-electron chi connectivity index (χ3n) is 0.796. The summed E-state index contributed by atoms with van der Waals surface area (Å²) in [5.74, 6) is 1.18. The zero-order valence-corrected chi connectivity index (χ0v) is 6.60. The van der Waals surface area contributed by atoms with Crippen LogP contribution in [0, 0.1) is 5.41 Å². The van der Waals surface area contributed by atoms with E-state index in [9.17, 15) is 0 Å². The highest BCUT2D eigenvalue weighted by atomic mass is 35.5. The minimum absolute atomic E-state index is 0. The quantitative estimate of drug-likeness (QED) is 0.556. The van der Waals surface area contributed by atoms with E-state index < -0.39 is 0 Å². The highest BCUT2D eigenvalue weighted by Crippen LogP contribution is 2.09. The second kappa shape index (κ2) is 3.74. The van der Waals surface area contributed by atoms with Crippen molar-refractivity contribution in [2.24, 2.45) is 4.99 Å². The van der Waals surface area contributed by atoms with E-state index in [1.807, 2.05) is 7.05 Å². The van der Waals surface area contributed by atoms with Gasteiger partial charge in [-0.25, -0.2) is 4.99 Å². The standard InChI is InChI=1S/C4H7N3S.ClH/c1-6-4-7-3(5)2-8-4;/h2H2,1H3,(H2,5,6,7);1H. The van der Waals surface area contributed by atoms with E-state index in [4.69, 9.17) is 5.41 Å². The van der Waals surface area contributed by atoms with Gasteiger partial charge in [-0.15, -0.1) is 12.4 Å². The molecule has 2 N–H and O–H groups in total. The molecule has 1 aliphatic rings. The van der Waals surface area contributed by atoms with Gasteiger partial charge >= 0.3 is 0 Å². The van der Waals surface area contributed by atoms with Gasteiger partial charge in [-0.2, -0.15) is 0 Å². The molecule has 0 aliphatic carbocycles. The highest BCUT2D eigenvalue weighted by molar-refractivity contribution is 8.14. The van der Waals surface area contributed by atoms with Gasteiger partial charge in [0, 0.05) is 7.05 Å². The van der Waals surface area contributed by atoms with Crippen molar-refractivity contribution in [3.8, 4) is 0 Å². The fourth-order valence-corrected chi connectivity index (χ4v) is 1.11. The first-order valence-corrected chi connectivity index (χ1v) is 3.28. The Bertz CT molecular complexity index is 145. The molecule has 3 nitrogen and oxygen atoms in total. The van der Waals surface area contributed by atoms with E-state index in [0.29, 0.717) is 5.84 Å². The summed E-state index contributed by atoms with van der Waals surface area (Å²) < 4.78 is 0. The Balaban J connectivity index is 0.000000640. The summed E-state index contributed by atoms with van der Waals surface area (Å²) in [6.45, 7) is 0. The molecule has 0 radical (unpaired) electrons. The van der Waals surface area contributed by atoms with Crippen LogP contribution in [0.5, 0.6) is 0 Å². The summed E-state index contributed by atoms with van der Waals surface area (Å²) in [6, 6.07) is 0. The van der Waals surface area contributed by atoms with Crippen LogP contribution in [0.4, 0.5) is 0 Å². The molecule has 0 bridgehead atoms. The van der Waals surface area contributed by atoms with Crippen LogP contribution in [0.2, 0.25) is 0 Å². The van der Waals surface area contributed by atoms with Gasteiger partial charge in [-0.05, 0) is 0 Å². The van der Waals surface area contributed by atoms with Crippen molar-refractivity contribution < 1.29 is 0 Å². The molecule has 0 aromatic rings. The van der Waals surface area contributed by atoms with Crippen molar-refractivity contribution >= 4 is 35.2 Å². The molecule has 52 valence electrons.